The molecule has 2 atom stereocenters. The molecule has 0 aromatic rings. The Morgan fingerprint density at radius 3 is 2.61 bits per heavy atom. The molecule has 0 bridgehead atoms. The number of aliphatic carboxylic acids is 1. The fourth-order valence-electron chi connectivity index (χ4n) is 3.14. The molecule has 0 aliphatic carbocycles. The van der Waals surface area contributed by atoms with Gasteiger partial charge in [-0.2, -0.15) is 0 Å². The highest BCUT2D eigenvalue weighted by molar-refractivity contribution is 6.08. The van der Waals surface area contributed by atoms with Crippen LogP contribution >= 0.6 is 0 Å². The average Bonchev–Trinajstić information content (AvgIpc) is 2.93. The zero-order chi connectivity index (χ0) is 17.5. The summed E-state index contributed by atoms with van der Waals surface area (Å²) in [5.74, 6) is -0.765. The van der Waals surface area contributed by atoms with Crippen LogP contribution in [0.15, 0.2) is 0 Å². The molecule has 7 heteroatoms. The highest BCUT2D eigenvalue weighted by atomic mass is 16.4. The van der Waals surface area contributed by atoms with Crippen LogP contribution in [0, 0.1) is 0 Å². The summed E-state index contributed by atoms with van der Waals surface area (Å²) in [6.07, 6.45) is 4.64. The van der Waals surface area contributed by atoms with Crippen molar-refractivity contribution in [3.05, 3.63) is 0 Å². The number of hydrogen-bond acceptors (Lipinski definition) is 5. The first-order valence-corrected chi connectivity index (χ1v) is 8.44. The molecule has 3 N–H and O–H groups in total. The lowest BCUT2D eigenvalue weighted by Gasteiger charge is -2.30. The van der Waals surface area contributed by atoms with Crippen LogP contribution in [0.25, 0.3) is 0 Å². The molecule has 6 nitrogen and oxygen atoms in total. The van der Waals surface area contributed by atoms with Crippen LogP contribution in [0.2, 0.25) is 6.32 Å². The van der Waals surface area contributed by atoms with Gasteiger partial charge in [-0.05, 0) is 46.3 Å². The van der Waals surface area contributed by atoms with E-state index in [-0.39, 0.29) is 11.8 Å². The third-order valence-corrected chi connectivity index (χ3v) is 4.56. The summed E-state index contributed by atoms with van der Waals surface area (Å²) < 4.78 is 0. The number of ketones is 1. The lowest BCUT2D eigenvalue weighted by molar-refractivity contribution is -0.144. The highest BCUT2D eigenvalue weighted by Crippen LogP contribution is 2.23. The van der Waals surface area contributed by atoms with E-state index in [9.17, 15) is 14.7 Å². The number of carbonyl (C=O) groups is 2. The Kier molecular flexibility index (Phi) is 8.22. The normalized spacial score (nSPS) is 21.5. The zero-order valence-corrected chi connectivity index (χ0v) is 14.5. The van der Waals surface area contributed by atoms with E-state index < -0.39 is 11.5 Å². The zero-order valence-electron chi connectivity index (χ0n) is 14.5. The summed E-state index contributed by atoms with van der Waals surface area (Å²) in [6.45, 7) is 1.81. The smallest absolute Gasteiger partial charge is 0.323 e. The third-order valence-electron chi connectivity index (χ3n) is 4.56. The van der Waals surface area contributed by atoms with Crippen molar-refractivity contribution in [2.75, 3.05) is 33.7 Å². The Morgan fingerprint density at radius 2 is 2.04 bits per heavy atom. The molecule has 130 valence electrons. The van der Waals surface area contributed by atoms with Crippen molar-refractivity contribution < 1.29 is 14.7 Å². The number of carbonyl (C=O) groups excluding carboxylic acids is 1. The molecule has 2 unspecified atom stereocenters. The van der Waals surface area contributed by atoms with Crippen LogP contribution in [0.3, 0.4) is 0 Å². The number of Topliss-reactive ketones (excluding diaryl/α,β-unsaturated/α-hetero) is 1. The van der Waals surface area contributed by atoms with E-state index in [1.165, 1.54) is 0 Å². The maximum absolute atomic E-state index is 12.3. The first-order valence-electron chi connectivity index (χ1n) is 8.44. The minimum Gasteiger partial charge on any atom is -0.480 e. The molecule has 1 heterocycles. The lowest BCUT2D eigenvalue weighted by atomic mass is 9.88. The van der Waals surface area contributed by atoms with E-state index in [0.29, 0.717) is 38.7 Å². The Hall–Kier alpha value is -0.915. The molecular weight excluding hydrogens is 293 g/mol. The minimum absolute atomic E-state index is 0.0977. The van der Waals surface area contributed by atoms with Crippen LogP contribution in [0.4, 0.5) is 0 Å². The second-order valence-electron chi connectivity index (χ2n) is 6.86. The van der Waals surface area contributed by atoms with Gasteiger partial charge in [-0.25, -0.2) is 0 Å². The second-order valence-corrected chi connectivity index (χ2v) is 6.86. The van der Waals surface area contributed by atoms with Crippen LogP contribution in [0.1, 0.15) is 38.5 Å². The number of nitrogens with zero attached hydrogens (tertiary/aromatic N) is 2. The predicted molar refractivity (Wildman–Crippen MR) is 91.7 cm³/mol. The predicted octanol–water partition coefficient (Wildman–Crippen LogP) is 0.511. The van der Waals surface area contributed by atoms with E-state index in [2.05, 4.69) is 4.90 Å². The van der Waals surface area contributed by atoms with Gasteiger partial charge in [0.1, 0.15) is 5.54 Å². The van der Waals surface area contributed by atoms with E-state index in [1.807, 2.05) is 19.0 Å². The maximum Gasteiger partial charge on any atom is 0.323 e. The third kappa shape index (κ3) is 6.24. The molecule has 23 heavy (non-hydrogen) atoms. The average molecular weight is 323 g/mol. The molecule has 0 saturated carbocycles. The highest BCUT2D eigenvalue weighted by Gasteiger charge is 2.36. The van der Waals surface area contributed by atoms with Crippen LogP contribution in [0.5, 0.6) is 0 Å². The fourth-order valence-corrected chi connectivity index (χ4v) is 3.14. The maximum atomic E-state index is 12.3. The van der Waals surface area contributed by atoms with Crippen molar-refractivity contribution in [1.29, 1.82) is 0 Å². The molecular formula is C16H30BN3O3. The van der Waals surface area contributed by atoms with Crippen LogP contribution < -0.4 is 5.73 Å². The fraction of sp³-hybridized carbons (Fsp3) is 0.875. The van der Waals surface area contributed by atoms with E-state index in [0.717, 1.165) is 25.8 Å². The summed E-state index contributed by atoms with van der Waals surface area (Å²) >= 11 is 0. The van der Waals surface area contributed by atoms with Gasteiger partial charge in [-0.3, -0.25) is 14.5 Å². The second kappa shape index (κ2) is 9.40. The largest absolute Gasteiger partial charge is 0.480 e. The number of hydrogen-bond donors (Lipinski definition) is 2. The first kappa shape index (κ1) is 20.1. The van der Waals surface area contributed by atoms with E-state index in [1.54, 1.807) is 0 Å². The number of nitrogens with two attached hydrogens (primary N) is 1. The molecule has 0 amide bonds. The summed E-state index contributed by atoms with van der Waals surface area (Å²) in [5.41, 5.74) is 4.87. The number of carboxylic acids is 1. The van der Waals surface area contributed by atoms with Gasteiger partial charge < -0.3 is 15.7 Å². The number of unbranched alkanes of at least 4 members (excludes halogenated alkanes) is 1. The Bertz CT molecular complexity index is 406. The molecule has 0 spiro atoms. The van der Waals surface area contributed by atoms with E-state index in [4.69, 9.17) is 13.6 Å². The van der Waals surface area contributed by atoms with Gasteiger partial charge in [0.2, 0.25) is 0 Å². The molecule has 0 aromatic carbocycles. The Morgan fingerprint density at radius 1 is 1.35 bits per heavy atom. The Balaban J connectivity index is 2.58. The Labute approximate surface area is 140 Å². The SMILES string of the molecule is [B]CCCCC(N)(CCN1CCCC1C(=O)CN(C)C)C(=O)O. The van der Waals surface area contributed by atoms with Gasteiger partial charge >= 0.3 is 5.97 Å². The first-order chi connectivity index (χ1) is 10.8. The molecule has 1 saturated heterocycles. The number of likely N-dealkylation sites (tertiary alicyclic amines) is 1. The summed E-state index contributed by atoms with van der Waals surface area (Å²) in [7, 11) is 9.22. The topological polar surface area (TPSA) is 86.9 Å². The standard InChI is InChI=1S/C16H30BN3O3/c1-19(2)12-14(21)13-6-5-10-20(13)11-8-16(18,15(22)23)7-3-4-9-17/h13H,3-12,18H2,1-2H3,(H,22,23). The minimum atomic E-state index is -1.23. The molecule has 1 fully saturated rings. The number of rotatable bonds is 11. The summed E-state index contributed by atoms with van der Waals surface area (Å²) in [5, 5.41) is 9.45. The lowest BCUT2D eigenvalue weighted by Crippen LogP contribution is -2.51. The van der Waals surface area contributed by atoms with Crippen LogP contribution in [-0.2, 0) is 9.59 Å². The van der Waals surface area contributed by atoms with Crippen molar-refractivity contribution in [1.82, 2.24) is 9.80 Å². The quantitative estimate of drug-likeness (QED) is 0.426. The van der Waals surface area contributed by atoms with Gasteiger partial charge in [0, 0.05) is 6.54 Å². The molecule has 1 aliphatic heterocycles. The summed E-state index contributed by atoms with van der Waals surface area (Å²) in [4.78, 5) is 27.8. The van der Waals surface area contributed by atoms with E-state index >= 15 is 0 Å². The van der Waals surface area contributed by atoms with Crippen molar-refractivity contribution in [3.63, 3.8) is 0 Å². The van der Waals surface area contributed by atoms with Crippen LogP contribution in [-0.4, -0.2) is 79.8 Å². The monoisotopic (exact) mass is 323 g/mol. The molecule has 0 aromatic heterocycles. The summed E-state index contributed by atoms with van der Waals surface area (Å²) in [6, 6.07) is -0.0977. The molecule has 1 rings (SSSR count). The molecule has 1 aliphatic rings. The van der Waals surface area contributed by atoms with Gasteiger partial charge in [-0.1, -0.05) is 19.2 Å². The van der Waals surface area contributed by atoms with Crippen molar-refractivity contribution in [2.45, 2.75) is 56.4 Å². The van der Waals surface area contributed by atoms with Crippen molar-refractivity contribution in [3.8, 4) is 0 Å². The van der Waals surface area contributed by atoms with Gasteiger partial charge in [0.25, 0.3) is 0 Å². The number of likely N-dealkylation sites (N-methyl/N-ethyl adjacent to an activating group) is 1. The van der Waals surface area contributed by atoms with Crippen molar-refractivity contribution >= 4 is 19.6 Å². The van der Waals surface area contributed by atoms with Gasteiger partial charge in [-0.15, -0.1) is 0 Å². The molecule has 2 radical (unpaired) electrons. The van der Waals surface area contributed by atoms with Gasteiger partial charge in [0.15, 0.2) is 5.78 Å². The van der Waals surface area contributed by atoms with Gasteiger partial charge in [0.05, 0.1) is 20.4 Å². The van der Waals surface area contributed by atoms with Crippen molar-refractivity contribution in [2.24, 2.45) is 5.73 Å². The number of carboxylic acid groups (broad SMARTS) is 1.